The van der Waals surface area contributed by atoms with Crippen molar-refractivity contribution in [3.8, 4) is 0 Å². The van der Waals surface area contributed by atoms with E-state index in [9.17, 15) is 4.79 Å². The summed E-state index contributed by atoms with van der Waals surface area (Å²) >= 11 is 3.49. The molecule has 0 aromatic heterocycles. The molecule has 1 aliphatic heterocycles. The van der Waals surface area contributed by atoms with Crippen molar-refractivity contribution in [3.63, 3.8) is 0 Å². The summed E-state index contributed by atoms with van der Waals surface area (Å²) in [7, 11) is 0. The third kappa shape index (κ3) is 3.41. The van der Waals surface area contributed by atoms with Crippen molar-refractivity contribution >= 4 is 27.5 Å². The predicted molar refractivity (Wildman–Crippen MR) is 86.9 cm³/mol. The zero-order valence-electron chi connectivity index (χ0n) is 12.4. The summed E-state index contributed by atoms with van der Waals surface area (Å²) in [5.74, 6) is 0.484. The van der Waals surface area contributed by atoms with E-state index >= 15 is 0 Å². The van der Waals surface area contributed by atoms with Gasteiger partial charge in [0.25, 0.3) is 0 Å². The maximum absolute atomic E-state index is 12.6. The normalized spacial score (nSPS) is 19.7. The van der Waals surface area contributed by atoms with Gasteiger partial charge < -0.3 is 10.6 Å². The van der Waals surface area contributed by atoms with Gasteiger partial charge in [0.15, 0.2) is 0 Å². The molecule has 1 fully saturated rings. The Morgan fingerprint density at radius 1 is 1.45 bits per heavy atom. The van der Waals surface area contributed by atoms with E-state index in [-0.39, 0.29) is 11.3 Å². The van der Waals surface area contributed by atoms with Gasteiger partial charge in [-0.05, 0) is 72.4 Å². The second-order valence-electron chi connectivity index (χ2n) is 6.20. The maximum Gasteiger partial charge on any atom is 0.230 e. The highest BCUT2D eigenvalue weighted by Crippen LogP contribution is 2.34. The molecule has 110 valence electrons. The molecular weight excluding hydrogens is 316 g/mol. The number of aryl methyl sites for hydroxylation is 1. The van der Waals surface area contributed by atoms with E-state index in [1.807, 2.05) is 39.0 Å². The highest BCUT2D eigenvalue weighted by molar-refractivity contribution is 9.10. The molecule has 2 N–H and O–H groups in total. The fourth-order valence-corrected chi connectivity index (χ4v) is 3.02. The molecule has 1 aromatic carbocycles. The van der Waals surface area contributed by atoms with Crippen LogP contribution in [0, 0.1) is 18.3 Å². The van der Waals surface area contributed by atoms with Crippen LogP contribution in [0.25, 0.3) is 0 Å². The highest BCUT2D eigenvalue weighted by atomic mass is 79.9. The van der Waals surface area contributed by atoms with Gasteiger partial charge >= 0.3 is 0 Å². The van der Waals surface area contributed by atoms with E-state index in [1.54, 1.807) is 0 Å². The number of benzene rings is 1. The Bertz CT molecular complexity index is 493. The SMILES string of the molecule is Cc1ccc(Br)c(NC(=O)C(C)(C)C2CCCNC2)c1. The van der Waals surface area contributed by atoms with E-state index in [2.05, 4.69) is 26.6 Å². The molecular formula is C16H23BrN2O. The topological polar surface area (TPSA) is 41.1 Å². The summed E-state index contributed by atoms with van der Waals surface area (Å²) in [6.07, 6.45) is 2.26. The van der Waals surface area contributed by atoms with E-state index < -0.39 is 0 Å². The molecule has 1 heterocycles. The first-order chi connectivity index (χ1) is 9.41. The molecule has 0 spiro atoms. The second-order valence-corrected chi connectivity index (χ2v) is 7.06. The van der Waals surface area contributed by atoms with Gasteiger partial charge in [-0.2, -0.15) is 0 Å². The summed E-state index contributed by atoms with van der Waals surface area (Å²) in [6.45, 7) is 8.11. The Kier molecular flexibility index (Phi) is 4.86. The van der Waals surface area contributed by atoms with Crippen molar-refractivity contribution in [3.05, 3.63) is 28.2 Å². The van der Waals surface area contributed by atoms with Gasteiger partial charge in [-0.3, -0.25) is 4.79 Å². The monoisotopic (exact) mass is 338 g/mol. The van der Waals surface area contributed by atoms with E-state index in [1.165, 1.54) is 0 Å². The Balaban J connectivity index is 2.11. The van der Waals surface area contributed by atoms with Crippen molar-refractivity contribution in [1.29, 1.82) is 0 Å². The van der Waals surface area contributed by atoms with Crippen molar-refractivity contribution < 1.29 is 4.79 Å². The highest BCUT2D eigenvalue weighted by Gasteiger charge is 2.37. The summed E-state index contributed by atoms with van der Waals surface area (Å²) in [5.41, 5.74) is 1.63. The van der Waals surface area contributed by atoms with Gasteiger partial charge in [-0.1, -0.05) is 19.9 Å². The molecule has 4 heteroatoms. The molecule has 0 radical (unpaired) electrons. The van der Waals surface area contributed by atoms with Crippen LogP contribution in [-0.2, 0) is 4.79 Å². The lowest BCUT2D eigenvalue weighted by atomic mass is 9.74. The molecule has 3 nitrogen and oxygen atoms in total. The van der Waals surface area contributed by atoms with Gasteiger partial charge in [-0.25, -0.2) is 0 Å². The molecule has 0 saturated carbocycles. The maximum atomic E-state index is 12.6. The van der Waals surface area contributed by atoms with Crippen LogP contribution >= 0.6 is 15.9 Å². The van der Waals surface area contributed by atoms with Gasteiger partial charge in [0, 0.05) is 9.89 Å². The van der Waals surface area contributed by atoms with Crippen molar-refractivity contribution in [2.75, 3.05) is 18.4 Å². The van der Waals surface area contributed by atoms with Crippen LogP contribution < -0.4 is 10.6 Å². The lowest BCUT2D eigenvalue weighted by Crippen LogP contribution is -2.44. The average molecular weight is 339 g/mol. The quantitative estimate of drug-likeness (QED) is 0.881. The Hall–Kier alpha value is -0.870. The van der Waals surface area contributed by atoms with Crippen molar-refractivity contribution in [2.45, 2.75) is 33.6 Å². The number of piperidine rings is 1. The second kappa shape index (κ2) is 6.27. The van der Waals surface area contributed by atoms with Gasteiger partial charge in [0.2, 0.25) is 5.91 Å². The number of hydrogen-bond donors (Lipinski definition) is 2. The largest absolute Gasteiger partial charge is 0.325 e. The van der Waals surface area contributed by atoms with Crippen LogP contribution in [-0.4, -0.2) is 19.0 Å². The molecule has 2 rings (SSSR count). The number of carbonyl (C=O) groups is 1. The first kappa shape index (κ1) is 15.5. The van der Waals surface area contributed by atoms with Crippen LogP contribution in [0.2, 0.25) is 0 Å². The number of hydrogen-bond acceptors (Lipinski definition) is 2. The van der Waals surface area contributed by atoms with Crippen LogP contribution in [0.5, 0.6) is 0 Å². The molecule has 1 atom stereocenters. The molecule has 1 amide bonds. The van der Waals surface area contributed by atoms with Crippen LogP contribution in [0.4, 0.5) is 5.69 Å². The third-order valence-electron chi connectivity index (χ3n) is 4.27. The Labute approximate surface area is 129 Å². The zero-order valence-corrected chi connectivity index (χ0v) is 14.0. The zero-order chi connectivity index (χ0) is 14.8. The van der Waals surface area contributed by atoms with E-state index in [4.69, 9.17) is 0 Å². The average Bonchev–Trinajstić information content (AvgIpc) is 2.43. The lowest BCUT2D eigenvalue weighted by Gasteiger charge is -2.36. The summed E-state index contributed by atoms with van der Waals surface area (Å²) < 4.78 is 0.925. The standard InChI is InChI=1S/C16H23BrN2O/c1-11-6-7-13(17)14(9-11)19-15(20)16(2,3)12-5-4-8-18-10-12/h6-7,9,12,18H,4-5,8,10H2,1-3H3,(H,19,20). The summed E-state index contributed by atoms with van der Waals surface area (Å²) in [6, 6.07) is 5.99. The minimum atomic E-state index is -0.364. The first-order valence-corrected chi connectivity index (χ1v) is 7.99. The van der Waals surface area contributed by atoms with Crippen molar-refractivity contribution in [1.82, 2.24) is 5.32 Å². The molecule has 20 heavy (non-hydrogen) atoms. The fourth-order valence-electron chi connectivity index (χ4n) is 2.67. The van der Waals surface area contributed by atoms with Crippen LogP contribution in [0.3, 0.4) is 0 Å². The predicted octanol–water partition coefficient (Wildman–Crippen LogP) is 3.72. The third-order valence-corrected chi connectivity index (χ3v) is 4.96. The summed E-state index contributed by atoms with van der Waals surface area (Å²) in [5, 5.41) is 6.47. The van der Waals surface area contributed by atoms with Crippen molar-refractivity contribution in [2.24, 2.45) is 11.3 Å². The number of nitrogens with one attached hydrogen (secondary N) is 2. The molecule has 0 bridgehead atoms. The number of carbonyl (C=O) groups excluding carboxylic acids is 1. The number of amides is 1. The van der Waals surface area contributed by atoms with Gasteiger partial charge in [-0.15, -0.1) is 0 Å². The molecule has 1 aromatic rings. The van der Waals surface area contributed by atoms with Crippen LogP contribution in [0.1, 0.15) is 32.3 Å². The lowest BCUT2D eigenvalue weighted by molar-refractivity contribution is -0.127. The molecule has 1 unspecified atom stereocenters. The first-order valence-electron chi connectivity index (χ1n) is 7.19. The fraction of sp³-hybridized carbons (Fsp3) is 0.562. The minimum Gasteiger partial charge on any atom is -0.325 e. The molecule has 0 aliphatic carbocycles. The summed E-state index contributed by atoms with van der Waals surface area (Å²) in [4.78, 5) is 12.6. The van der Waals surface area contributed by atoms with Gasteiger partial charge in [0.05, 0.1) is 5.69 Å². The van der Waals surface area contributed by atoms with Crippen LogP contribution in [0.15, 0.2) is 22.7 Å². The van der Waals surface area contributed by atoms with E-state index in [0.29, 0.717) is 5.92 Å². The number of rotatable bonds is 3. The Morgan fingerprint density at radius 3 is 2.85 bits per heavy atom. The molecule has 1 aliphatic rings. The van der Waals surface area contributed by atoms with Gasteiger partial charge in [0.1, 0.15) is 0 Å². The Morgan fingerprint density at radius 2 is 2.20 bits per heavy atom. The van der Waals surface area contributed by atoms with E-state index in [0.717, 1.165) is 41.7 Å². The minimum absolute atomic E-state index is 0.0949. The smallest absolute Gasteiger partial charge is 0.230 e. The number of anilines is 1. The molecule has 1 saturated heterocycles. The number of halogens is 1.